The third-order valence-corrected chi connectivity index (χ3v) is 3.67. The van der Waals surface area contributed by atoms with Gasteiger partial charge in [-0.25, -0.2) is 9.82 Å². The maximum atomic E-state index is 13.7. The standard InChI is InChI=1S/C14H18FN3O2/c1-18-5-6-19-12(8-18)13(17-16)11-7-9-3-2-4-10(15)14(9)20-11/h2-4,7,12-13,17H,5-6,8,16H2,1H3. The number of halogens is 1. The van der Waals surface area contributed by atoms with Crippen LogP contribution in [0.25, 0.3) is 11.0 Å². The Balaban J connectivity index is 1.92. The van der Waals surface area contributed by atoms with Crippen molar-refractivity contribution in [3.05, 3.63) is 35.8 Å². The summed E-state index contributed by atoms with van der Waals surface area (Å²) in [4.78, 5) is 2.17. The first-order chi connectivity index (χ1) is 9.69. The van der Waals surface area contributed by atoms with Gasteiger partial charge in [-0.3, -0.25) is 5.84 Å². The number of likely N-dealkylation sites (N-methyl/N-ethyl adjacent to an activating group) is 1. The van der Waals surface area contributed by atoms with E-state index in [9.17, 15) is 4.39 Å². The molecule has 1 fully saturated rings. The molecular weight excluding hydrogens is 261 g/mol. The van der Waals surface area contributed by atoms with E-state index in [1.165, 1.54) is 6.07 Å². The van der Waals surface area contributed by atoms with Crippen LogP contribution in [0, 0.1) is 5.82 Å². The molecule has 0 amide bonds. The Labute approximate surface area is 116 Å². The quantitative estimate of drug-likeness (QED) is 0.657. The largest absolute Gasteiger partial charge is 0.456 e. The summed E-state index contributed by atoms with van der Waals surface area (Å²) in [6, 6.07) is 6.36. The molecule has 5 nitrogen and oxygen atoms in total. The lowest BCUT2D eigenvalue weighted by atomic mass is 10.1. The number of furan rings is 1. The summed E-state index contributed by atoms with van der Waals surface area (Å²) in [5.41, 5.74) is 2.98. The predicted octanol–water partition coefficient (Wildman–Crippen LogP) is 1.41. The zero-order chi connectivity index (χ0) is 14.1. The summed E-state index contributed by atoms with van der Waals surface area (Å²) >= 11 is 0. The molecule has 3 rings (SSSR count). The third kappa shape index (κ3) is 2.43. The van der Waals surface area contributed by atoms with E-state index in [4.69, 9.17) is 15.0 Å². The van der Waals surface area contributed by atoms with Crippen molar-refractivity contribution in [1.82, 2.24) is 10.3 Å². The number of nitrogens with zero attached hydrogens (tertiary/aromatic N) is 1. The number of hydrazine groups is 1. The molecule has 6 heteroatoms. The van der Waals surface area contributed by atoms with Gasteiger partial charge in [-0.1, -0.05) is 12.1 Å². The summed E-state index contributed by atoms with van der Waals surface area (Å²) in [5.74, 6) is 5.86. The highest BCUT2D eigenvalue weighted by atomic mass is 19.1. The lowest BCUT2D eigenvalue weighted by Crippen LogP contribution is -2.48. The molecule has 0 bridgehead atoms. The fourth-order valence-corrected chi connectivity index (χ4v) is 2.59. The summed E-state index contributed by atoms with van der Waals surface area (Å²) in [6.45, 7) is 2.28. The molecule has 0 saturated carbocycles. The number of ether oxygens (including phenoxy) is 1. The van der Waals surface area contributed by atoms with Crippen LogP contribution in [0.15, 0.2) is 28.7 Å². The lowest BCUT2D eigenvalue weighted by molar-refractivity contribution is -0.0425. The minimum atomic E-state index is -0.369. The number of nitrogens with one attached hydrogen (secondary N) is 1. The molecule has 2 atom stereocenters. The number of hydrogen-bond donors (Lipinski definition) is 2. The number of benzene rings is 1. The highest BCUT2D eigenvalue weighted by molar-refractivity contribution is 5.78. The zero-order valence-electron chi connectivity index (χ0n) is 11.3. The molecule has 1 aliphatic heterocycles. The van der Waals surface area contributed by atoms with Gasteiger partial charge in [0.25, 0.3) is 0 Å². The molecule has 20 heavy (non-hydrogen) atoms. The SMILES string of the molecule is CN1CCOC(C(NN)c2cc3cccc(F)c3o2)C1. The Bertz CT molecular complexity index is 601. The molecule has 2 heterocycles. The van der Waals surface area contributed by atoms with E-state index in [-0.39, 0.29) is 23.5 Å². The molecule has 1 saturated heterocycles. The maximum Gasteiger partial charge on any atom is 0.169 e. The van der Waals surface area contributed by atoms with E-state index in [0.717, 1.165) is 18.5 Å². The Morgan fingerprint density at radius 2 is 2.35 bits per heavy atom. The van der Waals surface area contributed by atoms with Crippen molar-refractivity contribution in [2.75, 3.05) is 26.7 Å². The van der Waals surface area contributed by atoms with Gasteiger partial charge in [0, 0.05) is 18.5 Å². The van der Waals surface area contributed by atoms with Gasteiger partial charge in [-0.05, 0) is 19.2 Å². The first-order valence-corrected chi connectivity index (χ1v) is 6.63. The van der Waals surface area contributed by atoms with Crippen LogP contribution in [0.1, 0.15) is 11.8 Å². The van der Waals surface area contributed by atoms with Crippen LogP contribution in [-0.2, 0) is 4.74 Å². The molecule has 2 aromatic rings. The van der Waals surface area contributed by atoms with Crippen LogP contribution in [0.2, 0.25) is 0 Å². The first kappa shape index (κ1) is 13.5. The molecule has 0 spiro atoms. The van der Waals surface area contributed by atoms with Gasteiger partial charge in [0.05, 0.1) is 12.7 Å². The monoisotopic (exact) mass is 279 g/mol. The Morgan fingerprint density at radius 1 is 1.50 bits per heavy atom. The number of para-hydroxylation sites is 1. The molecular formula is C14H18FN3O2. The van der Waals surface area contributed by atoms with Gasteiger partial charge in [0.15, 0.2) is 11.4 Å². The van der Waals surface area contributed by atoms with Gasteiger partial charge in [0.2, 0.25) is 0 Å². The van der Waals surface area contributed by atoms with Gasteiger partial charge in [-0.2, -0.15) is 0 Å². The summed E-state index contributed by atoms with van der Waals surface area (Å²) < 4.78 is 25.1. The lowest BCUT2D eigenvalue weighted by Gasteiger charge is -2.33. The zero-order valence-corrected chi connectivity index (χ0v) is 11.3. The fourth-order valence-electron chi connectivity index (χ4n) is 2.59. The molecule has 1 aromatic carbocycles. The van der Waals surface area contributed by atoms with Crippen LogP contribution in [0.4, 0.5) is 4.39 Å². The predicted molar refractivity (Wildman–Crippen MR) is 73.5 cm³/mol. The average Bonchev–Trinajstić information content (AvgIpc) is 2.85. The molecule has 1 aromatic heterocycles. The molecule has 3 N–H and O–H groups in total. The molecule has 0 radical (unpaired) electrons. The van der Waals surface area contributed by atoms with Crippen molar-refractivity contribution in [3.8, 4) is 0 Å². The van der Waals surface area contributed by atoms with Gasteiger partial charge < -0.3 is 14.1 Å². The summed E-state index contributed by atoms with van der Waals surface area (Å²) in [5, 5.41) is 0.726. The van der Waals surface area contributed by atoms with Gasteiger partial charge in [0.1, 0.15) is 11.8 Å². The number of nitrogens with two attached hydrogens (primary N) is 1. The van der Waals surface area contributed by atoms with Crippen molar-refractivity contribution < 1.29 is 13.5 Å². The van der Waals surface area contributed by atoms with Crippen molar-refractivity contribution in [3.63, 3.8) is 0 Å². The van der Waals surface area contributed by atoms with Crippen molar-refractivity contribution in [2.45, 2.75) is 12.1 Å². The van der Waals surface area contributed by atoms with Crippen molar-refractivity contribution in [1.29, 1.82) is 0 Å². The van der Waals surface area contributed by atoms with E-state index in [0.29, 0.717) is 12.4 Å². The number of morpholine rings is 1. The number of rotatable bonds is 3. The number of hydrogen-bond acceptors (Lipinski definition) is 5. The van der Waals surface area contributed by atoms with E-state index in [1.807, 2.05) is 13.1 Å². The minimum absolute atomic E-state index is 0.123. The maximum absolute atomic E-state index is 13.7. The van der Waals surface area contributed by atoms with Gasteiger partial charge in [-0.15, -0.1) is 0 Å². The first-order valence-electron chi connectivity index (χ1n) is 6.63. The fraction of sp³-hybridized carbons (Fsp3) is 0.429. The number of fused-ring (bicyclic) bond motifs is 1. The van der Waals surface area contributed by atoms with Crippen LogP contribution in [-0.4, -0.2) is 37.7 Å². The Hall–Kier alpha value is -1.47. The second-order valence-corrected chi connectivity index (χ2v) is 5.12. The van der Waals surface area contributed by atoms with E-state index < -0.39 is 0 Å². The topological polar surface area (TPSA) is 63.7 Å². The molecule has 108 valence electrons. The van der Waals surface area contributed by atoms with E-state index in [1.54, 1.807) is 12.1 Å². The highest BCUT2D eigenvalue weighted by Gasteiger charge is 2.30. The second kappa shape index (κ2) is 5.49. The molecule has 2 unspecified atom stereocenters. The van der Waals surface area contributed by atoms with Gasteiger partial charge >= 0.3 is 0 Å². The van der Waals surface area contributed by atoms with E-state index >= 15 is 0 Å². The van der Waals surface area contributed by atoms with Crippen molar-refractivity contribution in [2.24, 2.45) is 5.84 Å². The normalized spacial score (nSPS) is 22.2. The average molecular weight is 279 g/mol. The smallest absolute Gasteiger partial charge is 0.169 e. The Morgan fingerprint density at radius 3 is 3.05 bits per heavy atom. The molecule has 0 aliphatic carbocycles. The van der Waals surface area contributed by atoms with Crippen LogP contribution in [0.5, 0.6) is 0 Å². The van der Waals surface area contributed by atoms with Crippen LogP contribution < -0.4 is 11.3 Å². The second-order valence-electron chi connectivity index (χ2n) is 5.12. The minimum Gasteiger partial charge on any atom is -0.456 e. The van der Waals surface area contributed by atoms with E-state index in [2.05, 4.69) is 10.3 Å². The summed E-state index contributed by atoms with van der Waals surface area (Å²) in [6.07, 6.45) is -0.123. The van der Waals surface area contributed by atoms with Crippen molar-refractivity contribution >= 4 is 11.0 Å². The van der Waals surface area contributed by atoms with Crippen LogP contribution in [0.3, 0.4) is 0 Å². The molecule has 1 aliphatic rings. The third-order valence-electron chi connectivity index (χ3n) is 3.67. The Kier molecular flexibility index (Phi) is 3.71. The van der Waals surface area contributed by atoms with Crippen LogP contribution >= 0.6 is 0 Å². The summed E-state index contributed by atoms with van der Waals surface area (Å²) in [7, 11) is 2.03. The highest BCUT2D eigenvalue weighted by Crippen LogP contribution is 2.29.